The minimum absolute atomic E-state index is 0.0640. The normalized spacial score (nSPS) is 10.5. The van der Waals surface area contributed by atoms with Gasteiger partial charge in [-0.25, -0.2) is 18.4 Å². The number of ether oxygens (including phenoxy) is 1. The van der Waals surface area contributed by atoms with Crippen molar-refractivity contribution in [2.45, 2.75) is 46.8 Å². The first-order chi connectivity index (χ1) is 19.9. The molecule has 0 atom stereocenters. The van der Waals surface area contributed by atoms with E-state index in [-0.39, 0.29) is 23.0 Å². The average Bonchev–Trinajstić information content (AvgIpc) is 2.94. The average molecular weight is 584 g/mol. The molecule has 0 unspecified atom stereocenters. The van der Waals surface area contributed by atoms with Gasteiger partial charge in [0.2, 0.25) is 0 Å². The van der Waals surface area contributed by atoms with Gasteiger partial charge in [-0.2, -0.15) is 0 Å². The first-order valence-electron chi connectivity index (χ1n) is 13.1. The number of carbonyl (C=O) groups is 2. The minimum atomic E-state index is -0.856. The summed E-state index contributed by atoms with van der Waals surface area (Å²) in [6.45, 7) is 9.06. The van der Waals surface area contributed by atoms with E-state index in [0.29, 0.717) is 16.9 Å². The van der Waals surface area contributed by atoms with Crippen LogP contribution in [0.1, 0.15) is 50.5 Å². The second kappa shape index (κ2) is 14.7. The molecule has 0 radical (unpaired) electrons. The Labute approximate surface area is 241 Å². The fraction of sp³-hybridized carbons (Fsp3) is 0.267. The van der Waals surface area contributed by atoms with Crippen LogP contribution in [0.4, 0.5) is 25.0 Å². The summed E-state index contributed by atoms with van der Waals surface area (Å²) in [5.41, 5.74) is 3.13. The van der Waals surface area contributed by atoms with Gasteiger partial charge in [0.25, 0.3) is 11.5 Å². The smallest absolute Gasteiger partial charge is 0.412 e. The number of nitrogens with one attached hydrogen (secondary N) is 3. The second-order valence-electron chi connectivity index (χ2n) is 9.45. The first kappa shape index (κ1) is 33.4. The van der Waals surface area contributed by atoms with Crippen LogP contribution in [0, 0.1) is 11.6 Å². The fourth-order valence-electron chi connectivity index (χ4n) is 3.74. The molecule has 1 aromatic heterocycles. The monoisotopic (exact) mass is 583 g/mol. The van der Waals surface area contributed by atoms with Crippen molar-refractivity contribution in [3.8, 4) is 0 Å². The summed E-state index contributed by atoms with van der Waals surface area (Å²) in [6, 6.07) is 13.7. The maximum Gasteiger partial charge on any atom is 0.412 e. The van der Waals surface area contributed by atoms with Crippen LogP contribution in [0.25, 0.3) is 10.9 Å². The van der Waals surface area contributed by atoms with Gasteiger partial charge >= 0.3 is 11.8 Å². The third-order valence-electron chi connectivity index (χ3n) is 5.38. The molecule has 0 saturated heterocycles. The predicted molar refractivity (Wildman–Crippen MR) is 160 cm³/mol. The van der Waals surface area contributed by atoms with Gasteiger partial charge in [-0.1, -0.05) is 26.0 Å². The van der Waals surface area contributed by atoms with E-state index in [1.165, 1.54) is 43.4 Å². The molecule has 2 amide bonds. The topological polar surface area (TPSA) is 148 Å². The zero-order valence-electron chi connectivity index (χ0n) is 24.3. The lowest BCUT2D eigenvalue weighted by Gasteiger charge is -2.19. The number of nitrogens with zero attached hydrogens (tertiary/aromatic N) is 1. The highest BCUT2D eigenvalue weighted by molar-refractivity contribution is 6.04. The Kier molecular flexibility index (Phi) is 11.7. The van der Waals surface area contributed by atoms with Crippen LogP contribution < -0.4 is 27.6 Å². The second-order valence-corrected chi connectivity index (χ2v) is 9.45. The molecule has 0 aliphatic carbocycles. The van der Waals surface area contributed by atoms with E-state index in [9.17, 15) is 28.0 Å². The van der Waals surface area contributed by atoms with E-state index >= 15 is 0 Å². The number of nitrogens with two attached hydrogens (primary N) is 1. The number of hydrogen-bond acceptors (Lipinski definition) is 6. The van der Waals surface area contributed by atoms with Crippen molar-refractivity contribution >= 4 is 34.3 Å². The number of benzene rings is 3. The van der Waals surface area contributed by atoms with Crippen molar-refractivity contribution in [1.82, 2.24) is 9.55 Å². The number of halogens is 2. The van der Waals surface area contributed by atoms with Crippen LogP contribution in [-0.2, 0) is 11.3 Å². The molecule has 3 aromatic carbocycles. The Morgan fingerprint density at radius 3 is 2.10 bits per heavy atom. The Morgan fingerprint density at radius 1 is 0.905 bits per heavy atom. The molecule has 0 saturated carbocycles. The number of rotatable bonds is 5. The number of anilines is 2. The van der Waals surface area contributed by atoms with E-state index in [2.05, 4.69) is 21.4 Å². The summed E-state index contributed by atoms with van der Waals surface area (Å²) in [5.74, 6) is -2.33. The fourth-order valence-corrected chi connectivity index (χ4v) is 3.74. The molecular formula is C30H35F2N5O5. The molecule has 42 heavy (non-hydrogen) atoms. The Bertz CT molecular complexity index is 1660. The highest BCUT2D eigenvalue weighted by Crippen LogP contribution is 2.19. The molecule has 4 rings (SSSR count). The van der Waals surface area contributed by atoms with Gasteiger partial charge in [-0.15, -0.1) is 0 Å². The zero-order chi connectivity index (χ0) is 31.6. The molecule has 0 fully saturated rings. The SMILES string of the molecule is CC.CC(C)(C)OC(=O)Nc1ccc(NC(=O)c2cc(Cn3c(=O)[nH]c(=O)c4c(F)cccc43)ccc2F)cc1.CN. The van der Waals surface area contributed by atoms with E-state index in [1.807, 2.05) is 13.8 Å². The van der Waals surface area contributed by atoms with Gasteiger partial charge < -0.3 is 15.8 Å². The summed E-state index contributed by atoms with van der Waals surface area (Å²) in [4.78, 5) is 51.3. The van der Waals surface area contributed by atoms with Crippen LogP contribution in [-0.4, -0.2) is 34.2 Å². The number of carbonyl (C=O) groups excluding carboxylic acids is 2. The molecule has 5 N–H and O–H groups in total. The number of H-pyrrole nitrogens is 1. The lowest BCUT2D eigenvalue weighted by Crippen LogP contribution is -2.31. The Balaban J connectivity index is 0.00000148. The third kappa shape index (κ3) is 8.58. The quantitative estimate of drug-likeness (QED) is 0.253. The van der Waals surface area contributed by atoms with Crippen LogP contribution in [0.2, 0.25) is 0 Å². The molecule has 0 aliphatic rings. The van der Waals surface area contributed by atoms with Crippen molar-refractivity contribution in [3.05, 3.63) is 104 Å². The molecule has 0 aliphatic heterocycles. The maximum atomic E-state index is 14.6. The van der Waals surface area contributed by atoms with Gasteiger partial charge in [0.15, 0.2) is 0 Å². The molecule has 4 aromatic rings. The molecule has 10 nitrogen and oxygen atoms in total. The number of fused-ring (bicyclic) bond motifs is 1. The van der Waals surface area contributed by atoms with Gasteiger partial charge in [0.1, 0.15) is 17.2 Å². The minimum Gasteiger partial charge on any atom is -0.444 e. The molecule has 224 valence electrons. The van der Waals surface area contributed by atoms with Crippen LogP contribution in [0.5, 0.6) is 0 Å². The summed E-state index contributed by atoms with van der Waals surface area (Å²) in [6.07, 6.45) is -0.634. The van der Waals surface area contributed by atoms with Gasteiger partial charge in [0.05, 0.1) is 23.0 Å². The molecule has 0 bridgehead atoms. The van der Waals surface area contributed by atoms with Gasteiger partial charge in [-0.05, 0) is 81.9 Å². The highest BCUT2D eigenvalue weighted by Gasteiger charge is 2.17. The summed E-state index contributed by atoms with van der Waals surface area (Å²) in [7, 11) is 1.50. The molecule has 12 heteroatoms. The predicted octanol–water partition coefficient (Wildman–Crippen LogP) is 5.22. The van der Waals surface area contributed by atoms with Crippen molar-refractivity contribution in [3.63, 3.8) is 0 Å². The Morgan fingerprint density at radius 2 is 1.50 bits per heavy atom. The summed E-state index contributed by atoms with van der Waals surface area (Å²) < 4.78 is 35.1. The molecular weight excluding hydrogens is 548 g/mol. The first-order valence-corrected chi connectivity index (χ1v) is 13.1. The largest absolute Gasteiger partial charge is 0.444 e. The van der Waals surface area contributed by atoms with Crippen LogP contribution >= 0.6 is 0 Å². The standard InChI is InChI=1S/C27H24F2N4O5.C2H6.CH5N/c1-27(2,3)38-26(37)31-17-10-8-16(9-11-17)30-23(34)18-13-15(7-12-19(18)28)14-33-21-6-4-5-20(29)22(21)24(35)32-25(33)36;2*1-2/h4-13H,14H2,1-3H3,(H,30,34)(H,31,37)(H,32,35,36);1-2H3;2H2,1H3. The van der Waals surface area contributed by atoms with E-state index in [1.54, 1.807) is 32.9 Å². The summed E-state index contributed by atoms with van der Waals surface area (Å²) >= 11 is 0. The molecule has 1 heterocycles. The van der Waals surface area contributed by atoms with E-state index < -0.39 is 40.5 Å². The third-order valence-corrected chi connectivity index (χ3v) is 5.38. The van der Waals surface area contributed by atoms with Gasteiger partial charge in [-0.3, -0.25) is 24.5 Å². The van der Waals surface area contributed by atoms with Crippen molar-refractivity contribution in [1.29, 1.82) is 0 Å². The van der Waals surface area contributed by atoms with E-state index in [4.69, 9.17) is 4.74 Å². The lowest BCUT2D eigenvalue weighted by atomic mass is 10.1. The maximum absolute atomic E-state index is 14.6. The van der Waals surface area contributed by atoms with Gasteiger partial charge in [0, 0.05) is 11.4 Å². The number of amides is 2. The van der Waals surface area contributed by atoms with Crippen molar-refractivity contribution < 1.29 is 23.1 Å². The zero-order valence-corrected chi connectivity index (χ0v) is 24.3. The highest BCUT2D eigenvalue weighted by atomic mass is 19.1. The van der Waals surface area contributed by atoms with Crippen molar-refractivity contribution in [2.24, 2.45) is 5.73 Å². The van der Waals surface area contributed by atoms with E-state index in [0.717, 1.165) is 16.7 Å². The van der Waals surface area contributed by atoms with Crippen LogP contribution in [0.3, 0.4) is 0 Å². The molecule has 0 spiro atoms. The number of aromatic amines is 1. The van der Waals surface area contributed by atoms with Crippen LogP contribution in [0.15, 0.2) is 70.3 Å². The van der Waals surface area contributed by atoms with Crippen molar-refractivity contribution in [2.75, 3.05) is 17.7 Å². The number of aromatic nitrogens is 2. The summed E-state index contributed by atoms with van der Waals surface area (Å²) in [5, 5.41) is 4.86. The number of hydrogen-bond donors (Lipinski definition) is 4. The lowest BCUT2D eigenvalue weighted by molar-refractivity contribution is 0.0635. The Hall–Kier alpha value is -4.84.